The topological polar surface area (TPSA) is 47.9 Å². The third kappa shape index (κ3) is 1.68. The molecule has 0 N–H and O–H groups in total. The first-order chi connectivity index (χ1) is 8.66. The number of rotatable bonds is 2. The summed E-state index contributed by atoms with van der Waals surface area (Å²) < 4.78 is 10.4. The minimum Gasteiger partial charge on any atom is -0.466 e. The van der Waals surface area contributed by atoms with Crippen molar-refractivity contribution < 1.29 is 14.3 Å². The molecular formula is C13H12ClNO3. The number of esters is 1. The van der Waals surface area contributed by atoms with Crippen molar-refractivity contribution in [2.45, 2.75) is 24.5 Å². The van der Waals surface area contributed by atoms with Gasteiger partial charge in [-0.1, -0.05) is 23.7 Å². The Morgan fingerprint density at radius 3 is 2.83 bits per heavy atom. The summed E-state index contributed by atoms with van der Waals surface area (Å²) in [6.45, 7) is 0. The fraction of sp³-hybridized carbons (Fsp3) is 0.385. The first-order valence-electron chi connectivity index (χ1n) is 5.75. The van der Waals surface area contributed by atoms with Crippen LogP contribution in [0.2, 0.25) is 5.02 Å². The molecule has 0 saturated heterocycles. The number of carbonyl (C=O) groups is 1. The number of hydrogen-bond acceptors (Lipinski definition) is 4. The number of ether oxygens (including phenoxy) is 2. The molecule has 1 aromatic carbocycles. The van der Waals surface area contributed by atoms with E-state index >= 15 is 0 Å². The van der Waals surface area contributed by atoms with Gasteiger partial charge < -0.3 is 9.47 Å². The molecule has 1 spiro atoms. The second-order valence-corrected chi connectivity index (χ2v) is 4.93. The fourth-order valence-electron chi connectivity index (χ4n) is 2.14. The van der Waals surface area contributed by atoms with E-state index in [1.54, 1.807) is 6.07 Å². The highest BCUT2D eigenvalue weighted by Crippen LogP contribution is 2.48. The molecule has 1 aliphatic carbocycles. The number of hydrogen-bond donors (Lipinski definition) is 0. The standard InChI is InChI=1S/C13H12ClNO3/c1-17-12(16)10-13(6-7-13)15-11(18-10)8-4-2-3-5-9(8)14/h2-5,10H,6-7H2,1H3. The van der Waals surface area contributed by atoms with Gasteiger partial charge >= 0.3 is 5.97 Å². The molecule has 1 unspecified atom stereocenters. The van der Waals surface area contributed by atoms with Crippen LogP contribution in [0.25, 0.3) is 0 Å². The molecule has 3 rings (SSSR count). The minimum absolute atomic E-state index is 0.377. The van der Waals surface area contributed by atoms with Gasteiger partial charge in [0.15, 0.2) is 0 Å². The maximum Gasteiger partial charge on any atom is 0.349 e. The number of benzene rings is 1. The molecule has 0 aromatic heterocycles. The van der Waals surface area contributed by atoms with Crippen molar-refractivity contribution in [1.82, 2.24) is 0 Å². The highest BCUT2D eigenvalue weighted by Gasteiger charge is 2.59. The molecule has 1 heterocycles. The highest BCUT2D eigenvalue weighted by atomic mass is 35.5. The predicted octanol–water partition coefficient (Wildman–Crippen LogP) is 2.19. The monoisotopic (exact) mass is 265 g/mol. The lowest BCUT2D eigenvalue weighted by atomic mass is 10.1. The van der Waals surface area contributed by atoms with E-state index < -0.39 is 11.6 Å². The maximum atomic E-state index is 11.7. The minimum atomic E-state index is -0.631. The van der Waals surface area contributed by atoms with Crippen molar-refractivity contribution in [2.24, 2.45) is 4.99 Å². The third-order valence-corrected chi connectivity index (χ3v) is 3.65. The van der Waals surface area contributed by atoms with Gasteiger partial charge in [0, 0.05) is 0 Å². The Balaban J connectivity index is 1.93. The molecule has 1 saturated carbocycles. The summed E-state index contributed by atoms with van der Waals surface area (Å²) in [5, 5.41) is 0.567. The lowest BCUT2D eigenvalue weighted by Crippen LogP contribution is -2.34. The van der Waals surface area contributed by atoms with Gasteiger partial charge in [0.2, 0.25) is 12.0 Å². The molecule has 5 heteroatoms. The van der Waals surface area contributed by atoms with E-state index in [4.69, 9.17) is 21.1 Å². The van der Waals surface area contributed by atoms with E-state index in [-0.39, 0.29) is 5.97 Å². The summed E-state index contributed by atoms with van der Waals surface area (Å²) in [6, 6.07) is 7.30. The Hall–Kier alpha value is -1.55. The van der Waals surface area contributed by atoms with Crippen LogP contribution in [0.15, 0.2) is 29.3 Å². The van der Waals surface area contributed by atoms with Crippen LogP contribution in [0, 0.1) is 0 Å². The summed E-state index contributed by atoms with van der Waals surface area (Å²) in [5.41, 5.74) is 0.304. The second kappa shape index (κ2) is 3.99. The number of halogens is 1. The van der Waals surface area contributed by atoms with E-state index in [1.807, 2.05) is 18.2 Å². The van der Waals surface area contributed by atoms with Crippen molar-refractivity contribution in [1.29, 1.82) is 0 Å². The molecular weight excluding hydrogens is 254 g/mol. The first-order valence-corrected chi connectivity index (χ1v) is 6.13. The Labute approximate surface area is 110 Å². The van der Waals surface area contributed by atoms with E-state index in [1.165, 1.54) is 7.11 Å². The normalized spacial score (nSPS) is 23.4. The summed E-state index contributed by atoms with van der Waals surface area (Å²) in [4.78, 5) is 16.2. The second-order valence-electron chi connectivity index (χ2n) is 4.52. The van der Waals surface area contributed by atoms with E-state index in [2.05, 4.69) is 4.99 Å². The number of nitrogens with zero attached hydrogens (tertiary/aromatic N) is 1. The van der Waals surface area contributed by atoms with E-state index in [9.17, 15) is 4.79 Å². The van der Waals surface area contributed by atoms with Crippen LogP contribution in [0.3, 0.4) is 0 Å². The summed E-state index contributed by atoms with van der Waals surface area (Å²) in [5.74, 6) is 0.0619. The van der Waals surface area contributed by atoms with Gasteiger partial charge in [-0.25, -0.2) is 9.79 Å². The van der Waals surface area contributed by atoms with Crippen molar-refractivity contribution in [3.8, 4) is 0 Å². The molecule has 4 nitrogen and oxygen atoms in total. The van der Waals surface area contributed by atoms with Crippen LogP contribution >= 0.6 is 11.6 Å². The lowest BCUT2D eigenvalue weighted by Gasteiger charge is -2.13. The SMILES string of the molecule is COC(=O)C1OC(c2ccccc2Cl)=NC12CC2. The molecule has 1 fully saturated rings. The number of methoxy groups -OCH3 is 1. The van der Waals surface area contributed by atoms with Crippen molar-refractivity contribution in [3.63, 3.8) is 0 Å². The van der Waals surface area contributed by atoms with Crippen LogP contribution in [-0.2, 0) is 14.3 Å². The number of carbonyl (C=O) groups excluding carboxylic acids is 1. The lowest BCUT2D eigenvalue weighted by molar-refractivity contribution is -0.149. The molecule has 18 heavy (non-hydrogen) atoms. The summed E-state index contributed by atoms with van der Waals surface area (Å²) >= 11 is 6.10. The van der Waals surface area contributed by atoms with Crippen molar-refractivity contribution >= 4 is 23.5 Å². The zero-order chi connectivity index (χ0) is 12.8. The van der Waals surface area contributed by atoms with E-state index in [0.717, 1.165) is 18.4 Å². The Morgan fingerprint density at radius 2 is 2.22 bits per heavy atom. The van der Waals surface area contributed by atoms with Crippen LogP contribution in [0.1, 0.15) is 18.4 Å². The Bertz CT molecular complexity index is 537. The smallest absolute Gasteiger partial charge is 0.349 e. The average Bonchev–Trinajstić information content (AvgIpc) is 3.03. The fourth-order valence-corrected chi connectivity index (χ4v) is 2.36. The number of aliphatic imine (C=N–C) groups is 1. The van der Waals surface area contributed by atoms with Crippen LogP contribution in [-0.4, -0.2) is 30.6 Å². The van der Waals surface area contributed by atoms with Gasteiger partial charge in [0.05, 0.1) is 17.7 Å². The Morgan fingerprint density at radius 1 is 1.50 bits per heavy atom. The first kappa shape index (κ1) is 11.5. The largest absolute Gasteiger partial charge is 0.466 e. The van der Waals surface area contributed by atoms with Crippen LogP contribution in [0.5, 0.6) is 0 Å². The van der Waals surface area contributed by atoms with Crippen LogP contribution < -0.4 is 0 Å². The summed E-state index contributed by atoms with van der Waals surface area (Å²) in [7, 11) is 1.36. The van der Waals surface area contributed by atoms with Gasteiger partial charge in [0.1, 0.15) is 5.54 Å². The van der Waals surface area contributed by atoms with E-state index in [0.29, 0.717) is 10.9 Å². The molecule has 2 aliphatic rings. The van der Waals surface area contributed by atoms with Crippen molar-refractivity contribution in [3.05, 3.63) is 34.9 Å². The predicted molar refractivity (Wildman–Crippen MR) is 66.8 cm³/mol. The maximum absolute atomic E-state index is 11.7. The molecule has 94 valence electrons. The molecule has 0 amide bonds. The zero-order valence-corrected chi connectivity index (χ0v) is 10.6. The molecule has 1 atom stereocenters. The molecule has 1 aliphatic heterocycles. The quantitative estimate of drug-likeness (QED) is 0.770. The van der Waals surface area contributed by atoms with Gasteiger partial charge in [-0.05, 0) is 25.0 Å². The third-order valence-electron chi connectivity index (χ3n) is 3.32. The zero-order valence-electron chi connectivity index (χ0n) is 9.85. The van der Waals surface area contributed by atoms with Gasteiger partial charge in [-0.15, -0.1) is 0 Å². The highest BCUT2D eigenvalue weighted by molar-refractivity contribution is 6.33. The van der Waals surface area contributed by atoms with Gasteiger partial charge in [-0.2, -0.15) is 0 Å². The molecule has 0 radical (unpaired) electrons. The molecule has 0 bridgehead atoms. The van der Waals surface area contributed by atoms with Gasteiger partial charge in [-0.3, -0.25) is 0 Å². The van der Waals surface area contributed by atoms with Crippen molar-refractivity contribution in [2.75, 3.05) is 7.11 Å². The van der Waals surface area contributed by atoms with Crippen LogP contribution in [0.4, 0.5) is 0 Å². The van der Waals surface area contributed by atoms with Gasteiger partial charge in [0.25, 0.3) is 0 Å². The Kier molecular flexibility index (Phi) is 2.55. The summed E-state index contributed by atoms with van der Waals surface area (Å²) in [6.07, 6.45) is 1.07. The average molecular weight is 266 g/mol. The molecule has 1 aromatic rings.